The van der Waals surface area contributed by atoms with E-state index in [9.17, 15) is 18.4 Å². The Morgan fingerprint density at radius 1 is 1.00 bits per heavy atom. The number of fused-ring (bicyclic) bond motifs is 1. The summed E-state index contributed by atoms with van der Waals surface area (Å²) in [4.78, 5) is 31.1. The lowest BCUT2D eigenvalue weighted by atomic mass is 9.89. The molecule has 5 rings (SSSR count). The van der Waals surface area contributed by atoms with Crippen LogP contribution < -0.4 is 10.5 Å². The fourth-order valence-electron chi connectivity index (χ4n) is 4.77. The average molecular weight is 550 g/mol. The lowest BCUT2D eigenvalue weighted by Gasteiger charge is -2.33. The molecule has 1 fully saturated rings. The number of carbonyl (C=O) groups is 2. The molecule has 1 aliphatic rings. The molecule has 0 radical (unpaired) electrons. The number of hydrogen-bond donors (Lipinski definition) is 1. The van der Waals surface area contributed by atoms with Crippen molar-refractivity contribution in [3.05, 3.63) is 77.6 Å². The topological polar surface area (TPSA) is 113 Å². The molecule has 1 saturated heterocycles. The molecule has 9 nitrogen and oxygen atoms in total. The zero-order chi connectivity index (χ0) is 28.6. The Morgan fingerprint density at radius 2 is 1.70 bits per heavy atom. The van der Waals surface area contributed by atoms with Crippen LogP contribution in [0.1, 0.15) is 55.6 Å². The van der Waals surface area contributed by atoms with Crippen LogP contribution in [0.15, 0.2) is 54.7 Å². The van der Waals surface area contributed by atoms with E-state index in [1.807, 2.05) is 26.8 Å². The summed E-state index contributed by atoms with van der Waals surface area (Å²) in [5.74, 6) is -1.94. The monoisotopic (exact) mass is 549 g/mol. The normalized spacial score (nSPS) is 14.4. The molecule has 0 unspecified atom stereocenters. The number of aromatic nitrogens is 3. The first-order chi connectivity index (χ1) is 19.0. The molecule has 0 spiro atoms. The van der Waals surface area contributed by atoms with Gasteiger partial charge in [0.2, 0.25) is 0 Å². The minimum atomic E-state index is -0.825. The minimum absolute atomic E-state index is 0.0923. The molecule has 3 heterocycles. The summed E-state index contributed by atoms with van der Waals surface area (Å²) in [6, 6.07) is 11.4. The van der Waals surface area contributed by atoms with Gasteiger partial charge in [0.15, 0.2) is 17.3 Å². The zero-order valence-corrected chi connectivity index (χ0v) is 22.4. The number of benzene rings is 2. The summed E-state index contributed by atoms with van der Waals surface area (Å²) >= 11 is 0. The highest BCUT2D eigenvalue weighted by atomic mass is 19.1. The van der Waals surface area contributed by atoms with Gasteiger partial charge in [0.05, 0.1) is 5.69 Å². The fourth-order valence-corrected chi connectivity index (χ4v) is 4.77. The number of likely N-dealkylation sites (tertiary alicyclic amines) is 1. The van der Waals surface area contributed by atoms with Crippen molar-refractivity contribution in [2.24, 2.45) is 5.73 Å². The lowest BCUT2D eigenvalue weighted by Crippen LogP contribution is -2.41. The second kappa shape index (κ2) is 10.6. The number of piperidine rings is 1. The predicted molar refractivity (Wildman–Crippen MR) is 144 cm³/mol. The molecule has 2 aromatic heterocycles. The molecule has 0 saturated carbocycles. The third-order valence-electron chi connectivity index (χ3n) is 6.61. The molecule has 40 heavy (non-hydrogen) atoms. The highest BCUT2D eigenvalue weighted by Gasteiger charge is 2.30. The van der Waals surface area contributed by atoms with Crippen molar-refractivity contribution in [3.8, 4) is 17.2 Å². The van der Waals surface area contributed by atoms with Crippen molar-refractivity contribution in [1.82, 2.24) is 19.7 Å². The summed E-state index contributed by atoms with van der Waals surface area (Å²) in [6.45, 7) is 6.57. The Hall–Kier alpha value is -4.54. The summed E-state index contributed by atoms with van der Waals surface area (Å²) in [5.41, 5.74) is 7.70. The maximum Gasteiger partial charge on any atom is 0.410 e. The Morgan fingerprint density at radius 3 is 2.33 bits per heavy atom. The van der Waals surface area contributed by atoms with Crippen LogP contribution in [0, 0.1) is 11.6 Å². The molecule has 0 bridgehead atoms. The van der Waals surface area contributed by atoms with Gasteiger partial charge in [0.1, 0.15) is 28.2 Å². The molecule has 11 heteroatoms. The van der Waals surface area contributed by atoms with Crippen molar-refractivity contribution in [3.63, 3.8) is 0 Å². The quantitative estimate of drug-likeness (QED) is 0.342. The number of carbonyl (C=O) groups excluding carboxylic acids is 2. The molecule has 208 valence electrons. The van der Waals surface area contributed by atoms with Crippen LogP contribution >= 0.6 is 0 Å². The minimum Gasteiger partial charge on any atom is -0.454 e. The third kappa shape index (κ3) is 5.58. The third-order valence-corrected chi connectivity index (χ3v) is 6.61. The Kier molecular flexibility index (Phi) is 7.14. The van der Waals surface area contributed by atoms with Crippen molar-refractivity contribution >= 4 is 23.0 Å². The molecule has 2 N–H and O–H groups in total. The van der Waals surface area contributed by atoms with E-state index < -0.39 is 23.1 Å². The molecular weight excluding hydrogens is 520 g/mol. The zero-order valence-electron chi connectivity index (χ0n) is 22.4. The molecule has 0 aliphatic carbocycles. The standard InChI is InChI=1S/C29H29F2N5O4/c1-29(2,3)40-28(38)35-14-11-17(12-15-35)21-10-13-33-25-24(21)34-36(26(25)27(32)37)19-5-7-20(8-6-19)39-23-9-4-18(30)16-22(23)31/h4-10,13,16-17H,11-12,14-15H2,1-3H3,(H2,32,37). The number of hydrogen-bond acceptors (Lipinski definition) is 6. The van der Waals surface area contributed by atoms with Gasteiger partial charge in [-0.15, -0.1) is 0 Å². The van der Waals surface area contributed by atoms with Crippen LogP contribution in [0.4, 0.5) is 13.6 Å². The van der Waals surface area contributed by atoms with E-state index in [0.29, 0.717) is 48.4 Å². The van der Waals surface area contributed by atoms with Crippen LogP contribution in [0.2, 0.25) is 0 Å². The largest absolute Gasteiger partial charge is 0.454 e. The lowest BCUT2D eigenvalue weighted by molar-refractivity contribution is 0.0205. The first-order valence-electron chi connectivity index (χ1n) is 12.9. The summed E-state index contributed by atoms with van der Waals surface area (Å²) < 4.78 is 39.7. The molecule has 2 aromatic carbocycles. The van der Waals surface area contributed by atoms with Gasteiger partial charge in [-0.25, -0.2) is 18.3 Å². The van der Waals surface area contributed by atoms with E-state index in [1.54, 1.807) is 35.4 Å². The van der Waals surface area contributed by atoms with E-state index in [4.69, 9.17) is 20.3 Å². The number of ether oxygens (including phenoxy) is 2. The van der Waals surface area contributed by atoms with E-state index >= 15 is 0 Å². The van der Waals surface area contributed by atoms with Gasteiger partial charge in [-0.3, -0.25) is 9.78 Å². The molecule has 0 atom stereocenters. The number of amides is 2. The van der Waals surface area contributed by atoms with Crippen LogP contribution in [0.3, 0.4) is 0 Å². The Bertz CT molecular complexity index is 1570. The maximum absolute atomic E-state index is 14.0. The number of nitrogens with zero attached hydrogens (tertiary/aromatic N) is 4. The smallest absolute Gasteiger partial charge is 0.410 e. The van der Waals surface area contributed by atoms with Crippen LogP contribution in [-0.4, -0.2) is 50.4 Å². The molecule has 2 amide bonds. The number of halogens is 2. The van der Waals surface area contributed by atoms with E-state index in [1.165, 1.54) is 10.7 Å². The predicted octanol–water partition coefficient (Wildman–Crippen LogP) is 5.70. The molecular formula is C29H29F2N5O4. The number of rotatable bonds is 5. The highest BCUT2D eigenvalue weighted by Crippen LogP contribution is 2.34. The van der Waals surface area contributed by atoms with Crippen LogP contribution in [0.25, 0.3) is 16.7 Å². The first-order valence-corrected chi connectivity index (χ1v) is 12.9. The molecule has 4 aromatic rings. The van der Waals surface area contributed by atoms with Gasteiger partial charge in [0.25, 0.3) is 5.91 Å². The van der Waals surface area contributed by atoms with Gasteiger partial charge in [-0.2, -0.15) is 5.10 Å². The maximum atomic E-state index is 14.0. The second-order valence-corrected chi connectivity index (χ2v) is 10.6. The van der Waals surface area contributed by atoms with Crippen molar-refractivity contribution in [2.75, 3.05) is 13.1 Å². The highest BCUT2D eigenvalue weighted by molar-refractivity contribution is 6.03. The van der Waals surface area contributed by atoms with E-state index in [2.05, 4.69) is 4.98 Å². The van der Waals surface area contributed by atoms with Crippen LogP contribution in [0.5, 0.6) is 11.5 Å². The van der Waals surface area contributed by atoms with Crippen molar-refractivity contribution in [1.29, 1.82) is 0 Å². The van der Waals surface area contributed by atoms with E-state index in [0.717, 1.165) is 17.7 Å². The number of nitrogens with two attached hydrogens (primary N) is 1. The van der Waals surface area contributed by atoms with Crippen molar-refractivity contribution in [2.45, 2.75) is 45.1 Å². The van der Waals surface area contributed by atoms with Gasteiger partial charge in [-0.1, -0.05) is 0 Å². The van der Waals surface area contributed by atoms with Crippen LogP contribution in [-0.2, 0) is 4.74 Å². The summed E-state index contributed by atoms with van der Waals surface area (Å²) in [7, 11) is 0. The number of pyridine rings is 1. The summed E-state index contributed by atoms with van der Waals surface area (Å²) in [6.07, 6.45) is 2.69. The SMILES string of the molecule is CC(C)(C)OC(=O)N1CCC(c2ccnc3c(C(N)=O)n(-c4ccc(Oc5ccc(F)cc5F)cc4)nc23)CC1. The Labute approximate surface area is 229 Å². The molecule has 1 aliphatic heterocycles. The van der Waals surface area contributed by atoms with E-state index in [-0.39, 0.29) is 23.5 Å². The fraction of sp³-hybridized carbons (Fsp3) is 0.310. The Balaban J connectivity index is 1.41. The van der Waals surface area contributed by atoms with Gasteiger partial charge < -0.3 is 20.1 Å². The second-order valence-electron chi connectivity index (χ2n) is 10.6. The van der Waals surface area contributed by atoms with Gasteiger partial charge >= 0.3 is 6.09 Å². The van der Waals surface area contributed by atoms with Gasteiger partial charge in [0, 0.05) is 25.4 Å². The van der Waals surface area contributed by atoms with Crippen molar-refractivity contribution < 1.29 is 27.8 Å². The average Bonchev–Trinajstić information content (AvgIpc) is 3.30. The van der Waals surface area contributed by atoms with Gasteiger partial charge in [-0.05, 0) is 87.6 Å². The first kappa shape index (κ1) is 27.0. The number of primary amides is 1. The summed E-state index contributed by atoms with van der Waals surface area (Å²) in [5, 5.41) is 4.73.